The Morgan fingerprint density at radius 1 is 1.37 bits per heavy atom. The Morgan fingerprint density at radius 3 is 2.95 bits per heavy atom. The number of rotatable bonds is 4. The first-order valence-corrected chi connectivity index (χ1v) is 7.37. The van der Waals surface area contributed by atoms with E-state index in [9.17, 15) is 0 Å². The number of nitrogens with two attached hydrogens (primary N) is 1. The zero-order valence-corrected chi connectivity index (χ0v) is 11.8. The number of aromatic nitrogens is 2. The number of fused-ring (bicyclic) bond motifs is 1. The first-order chi connectivity index (χ1) is 9.33. The van der Waals surface area contributed by atoms with Gasteiger partial charge >= 0.3 is 0 Å². The topological polar surface area (TPSA) is 73.1 Å². The summed E-state index contributed by atoms with van der Waals surface area (Å²) < 4.78 is 5.07. The molecule has 3 aromatic heterocycles. The van der Waals surface area contributed by atoms with Gasteiger partial charge in [-0.2, -0.15) is 0 Å². The van der Waals surface area contributed by atoms with Crippen molar-refractivity contribution in [2.45, 2.75) is 6.61 Å². The van der Waals surface area contributed by atoms with Crippen molar-refractivity contribution in [3.8, 4) is 10.4 Å². The average molecular weight is 292 g/mol. The molecule has 0 unspecified atom stereocenters. The molecule has 0 aliphatic carbocycles. The lowest BCUT2D eigenvalue weighted by atomic mass is 10.2. The highest BCUT2D eigenvalue weighted by Crippen LogP contribution is 2.38. The van der Waals surface area contributed by atoms with Crippen LogP contribution in [0.1, 0.15) is 5.82 Å². The molecule has 3 heterocycles. The fourth-order valence-corrected chi connectivity index (χ4v) is 3.68. The van der Waals surface area contributed by atoms with Crippen LogP contribution in [0.25, 0.3) is 20.7 Å². The highest BCUT2D eigenvalue weighted by Gasteiger charge is 2.15. The number of anilines is 1. The van der Waals surface area contributed by atoms with Crippen LogP contribution in [0, 0.1) is 0 Å². The average Bonchev–Trinajstić information content (AvgIpc) is 3.06. The molecule has 0 saturated carbocycles. The number of hydrazine groups is 1. The smallest absolute Gasteiger partial charge is 0.158 e. The lowest BCUT2D eigenvalue weighted by Gasteiger charge is -2.06. The van der Waals surface area contributed by atoms with Crippen LogP contribution in [0.15, 0.2) is 22.9 Å². The van der Waals surface area contributed by atoms with Gasteiger partial charge in [-0.3, -0.25) is 0 Å². The van der Waals surface area contributed by atoms with Gasteiger partial charge in [-0.1, -0.05) is 6.07 Å². The first kappa shape index (κ1) is 12.5. The number of ether oxygens (including phenoxy) is 1. The van der Waals surface area contributed by atoms with Gasteiger partial charge in [0.05, 0.1) is 5.39 Å². The van der Waals surface area contributed by atoms with E-state index in [4.69, 9.17) is 10.6 Å². The molecule has 19 heavy (non-hydrogen) atoms. The predicted octanol–water partition coefficient (Wildman–Crippen LogP) is 2.85. The molecule has 0 aliphatic rings. The third kappa shape index (κ3) is 2.21. The largest absolute Gasteiger partial charge is 0.377 e. The highest BCUT2D eigenvalue weighted by molar-refractivity contribution is 7.18. The Balaban J connectivity index is 2.22. The Kier molecular flexibility index (Phi) is 3.43. The van der Waals surface area contributed by atoms with E-state index in [1.807, 2.05) is 6.07 Å². The number of methoxy groups -OCH3 is 1. The zero-order valence-electron chi connectivity index (χ0n) is 10.2. The van der Waals surface area contributed by atoms with Crippen LogP contribution in [0.3, 0.4) is 0 Å². The highest BCUT2D eigenvalue weighted by atomic mass is 32.1. The van der Waals surface area contributed by atoms with Crippen molar-refractivity contribution < 1.29 is 4.74 Å². The zero-order chi connectivity index (χ0) is 13.2. The molecule has 0 aliphatic heterocycles. The van der Waals surface area contributed by atoms with Crippen LogP contribution in [-0.2, 0) is 11.3 Å². The van der Waals surface area contributed by atoms with Gasteiger partial charge in [0.1, 0.15) is 11.4 Å². The maximum atomic E-state index is 5.59. The number of thiophene rings is 2. The van der Waals surface area contributed by atoms with Crippen molar-refractivity contribution in [2.75, 3.05) is 12.5 Å². The van der Waals surface area contributed by atoms with E-state index in [1.165, 1.54) is 4.88 Å². The molecule has 7 heteroatoms. The van der Waals surface area contributed by atoms with Gasteiger partial charge in [0.15, 0.2) is 11.6 Å². The summed E-state index contributed by atoms with van der Waals surface area (Å²) in [6, 6.07) is 4.11. The van der Waals surface area contributed by atoms with Gasteiger partial charge in [-0.05, 0) is 11.4 Å². The van der Waals surface area contributed by atoms with Crippen LogP contribution in [0.4, 0.5) is 5.82 Å². The minimum atomic E-state index is 0.372. The maximum Gasteiger partial charge on any atom is 0.158 e. The summed E-state index contributed by atoms with van der Waals surface area (Å²) in [5, 5.41) is 5.10. The summed E-state index contributed by atoms with van der Waals surface area (Å²) in [6.45, 7) is 0.372. The van der Waals surface area contributed by atoms with Gasteiger partial charge in [0.25, 0.3) is 0 Å². The van der Waals surface area contributed by atoms with Gasteiger partial charge in [0, 0.05) is 22.9 Å². The van der Waals surface area contributed by atoms with Crippen LogP contribution in [-0.4, -0.2) is 17.1 Å². The molecule has 0 bridgehead atoms. The third-order valence-corrected chi connectivity index (χ3v) is 4.45. The Morgan fingerprint density at radius 2 is 2.26 bits per heavy atom. The van der Waals surface area contributed by atoms with Crippen molar-refractivity contribution in [1.82, 2.24) is 9.97 Å². The molecule has 0 aromatic carbocycles. The molecule has 0 radical (unpaired) electrons. The monoisotopic (exact) mass is 292 g/mol. The molecular weight excluding hydrogens is 280 g/mol. The summed E-state index contributed by atoms with van der Waals surface area (Å²) in [5.74, 6) is 6.86. The van der Waals surface area contributed by atoms with Gasteiger partial charge in [-0.25, -0.2) is 15.8 Å². The predicted molar refractivity (Wildman–Crippen MR) is 79.3 cm³/mol. The van der Waals surface area contributed by atoms with E-state index in [0.29, 0.717) is 18.2 Å². The van der Waals surface area contributed by atoms with Crippen molar-refractivity contribution in [2.24, 2.45) is 5.84 Å². The standard InChI is InChI=1S/C12H12N4OS2/c1-17-5-9-14-11(16-13)10-7(6-19-12(10)15-9)8-3-2-4-18-8/h2-4,6H,5,13H2,1H3,(H,14,15,16). The third-order valence-electron chi connectivity index (χ3n) is 2.68. The van der Waals surface area contributed by atoms with E-state index in [0.717, 1.165) is 15.8 Å². The first-order valence-electron chi connectivity index (χ1n) is 5.61. The minimum Gasteiger partial charge on any atom is -0.377 e. The molecular formula is C12H12N4OS2. The number of hydrogen-bond acceptors (Lipinski definition) is 7. The summed E-state index contributed by atoms with van der Waals surface area (Å²) in [4.78, 5) is 11.0. The molecule has 0 amide bonds. The quantitative estimate of drug-likeness (QED) is 0.571. The van der Waals surface area contributed by atoms with Crippen LogP contribution >= 0.6 is 22.7 Å². The molecule has 3 rings (SSSR count). The minimum absolute atomic E-state index is 0.372. The lowest BCUT2D eigenvalue weighted by molar-refractivity contribution is 0.178. The van der Waals surface area contributed by atoms with E-state index < -0.39 is 0 Å². The van der Waals surface area contributed by atoms with E-state index in [1.54, 1.807) is 29.8 Å². The Bertz CT molecular complexity index is 693. The fourth-order valence-electron chi connectivity index (χ4n) is 1.90. The SMILES string of the molecule is COCc1nc(NN)c2c(-c3cccs3)csc2n1. The number of hydrogen-bond donors (Lipinski definition) is 2. The van der Waals surface area contributed by atoms with E-state index in [-0.39, 0.29) is 0 Å². The molecule has 0 fully saturated rings. The summed E-state index contributed by atoms with van der Waals surface area (Å²) in [7, 11) is 1.62. The van der Waals surface area contributed by atoms with Gasteiger partial charge < -0.3 is 10.2 Å². The Labute approximate surface area is 118 Å². The van der Waals surface area contributed by atoms with Crippen molar-refractivity contribution in [3.63, 3.8) is 0 Å². The second kappa shape index (κ2) is 5.22. The van der Waals surface area contributed by atoms with Gasteiger partial charge in [0.2, 0.25) is 0 Å². The fraction of sp³-hybridized carbons (Fsp3) is 0.167. The molecule has 0 spiro atoms. The Hall–Kier alpha value is -1.54. The van der Waals surface area contributed by atoms with Crippen molar-refractivity contribution in [3.05, 3.63) is 28.7 Å². The number of nitrogen functional groups attached to an aromatic ring is 1. The molecule has 98 valence electrons. The second-order valence-electron chi connectivity index (χ2n) is 3.87. The van der Waals surface area contributed by atoms with Crippen LogP contribution < -0.4 is 11.3 Å². The maximum absolute atomic E-state index is 5.59. The second-order valence-corrected chi connectivity index (χ2v) is 5.68. The molecule has 3 aromatic rings. The molecule has 0 saturated heterocycles. The van der Waals surface area contributed by atoms with Crippen LogP contribution in [0.5, 0.6) is 0 Å². The summed E-state index contributed by atoms with van der Waals surface area (Å²) >= 11 is 3.27. The van der Waals surface area contributed by atoms with E-state index >= 15 is 0 Å². The van der Waals surface area contributed by atoms with E-state index in [2.05, 4.69) is 32.2 Å². The van der Waals surface area contributed by atoms with Crippen molar-refractivity contribution in [1.29, 1.82) is 0 Å². The van der Waals surface area contributed by atoms with Crippen molar-refractivity contribution >= 4 is 38.7 Å². The van der Waals surface area contributed by atoms with Gasteiger partial charge in [-0.15, -0.1) is 22.7 Å². The number of nitrogens with zero attached hydrogens (tertiary/aromatic N) is 2. The summed E-state index contributed by atoms with van der Waals surface area (Å²) in [6.07, 6.45) is 0. The molecule has 5 nitrogen and oxygen atoms in total. The summed E-state index contributed by atoms with van der Waals surface area (Å²) in [5.41, 5.74) is 3.78. The lowest BCUT2D eigenvalue weighted by Crippen LogP contribution is -2.11. The normalized spacial score (nSPS) is 11.1. The molecule has 0 atom stereocenters. The van der Waals surface area contributed by atoms with Crippen LogP contribution in [0.2, 0.25) is 0 Å². The molecule has 3 N–H and O–H groups in total. The number of nitrogens with one attached hydrogen (secondary N) is 1.